The highest BCUT2D eigenvalue weighted by Crippen LogP contribution is 2.10. The first-order valence-electron chi connectivity index (χ1n) is 4.76. The molecule has 0 radical (unpaired) electrons. The van der Waals surface area contributed by atoms with Crippen LogP contribution in [0.1, 0.15) is 18.7 Å². The number of rotatable bonds is 4. The van der Waals surface area contributed by atoms with Crippen LogP contribution in [0.4, 0.5) is 0 Å². The summed E-state index contributed by atoms with van der Waals surface area (Å²) in [4.78, 5) is 7.17. The number of aromatic amines is 1. The molecule has 4 heteroatoms. The Hall–Kier alpha value is -0.870. The predicted molar refractivity (Wildman–Crippen MR) is 49.3 cm³/mol. The molecule has 72 valence electrons. The molecule has 0 saturated carbocycles. The summed E-state index contributed by atoms with van der Waals surface area (Å²) in [6.07, 6.45) is 6.40. The normalized spacial score (nSPS) is 22.3. The molecule has 0 amide bonds. The summed E-state index contributed by atoms with van der Waals surface area (Å²) in [6, 6.07) is 0. The van der Waals surface area contributed by atoms with Crippen molar-refractivity contribution < 1.29 is 4.74 Å². The van der Waals surface area contributed by atoms with Crippen molar-refractivity contribution in [3.63, 3.8) is 0 Å². The average molecular weight is 181 g/mol. The average Bonchev–Trinajstić information content (AvgIpc) is 2.75. The largest absolute Gasteiger partial charge is 0.377 e. The van der Waals surface area contributed by atoms with Crippen molar-refractivity contribution in [3.8, 4) is 0 Å². The fraction of sp³-hybridized carbons (Fsp3) is 0.667. The molecule has 0 aromatic carbocycles. The molecule has 1 atom stereocenters. The van der Waals surface area contributed by atoms with Crippen LogP contribution in [-0.2, 0) is 11.3 Å². The molecular weight excluding hydrogens is 166 g/mol. The summed E-state index contributed by atoms with van der Waals surface area (Å²) in [5, 5.41) is 3.31. The zero-order chi connectivity index (χ0) is 8.93. The van der Waals surface area contributed by atoms with Gasteiger partial charge in [-0.25, -0.2) is 4.98 Å². The second kappa shape index (κ2) is 4.39. The van der Waals surface area contributed by atoms with E-state index in [0.717, 1.165) is 25.5 Å². The number of imidazole rings is 1. The molecule has 1 aliphatic rings. The maximum Gasteiger partial charge on any atom is 0.120 e. The molecule has 2 rings (SSSR count). The lowest BCUT2D eigenvalue weighted by atomic mass is 10.2. The molecule has 0 bridgehead atoms. The Kier molecular flexibility index (Phi) is 2.94. The summed E-state index contributed by atoms with van der Waals surface area (Å²) in [5.74, 6) is 0.984. The number of nitrogens with one attached hydrogen (secondary N) is 2. The number of hydrogen-bond donors (Lipinski definition) is 2. The highest BCUT2D eigenvalue weighted by molar-refractivity contribution is 4.86. The van der Waals surface area contributed by atoms with Crippen molar-refractivity contribution in [1.82, 2.24) is 15.3 Å². The first-order chi connectivity index (χ1) is 6.45. The third-order valence-electron chi connectivity index (χ3n) is 2.24. The van der Waals surface area contributed by atoms with E-state index in [0.29, 0.717) is 6.10 Å². The van der Waals surface area contributed by atoms with Gasteiger partial charge in [-0.05, 0) is 12.8 Å². The van der Waals surface area contributed by atoms with E-state index in [2.05, 4.69) is 15.3 Å². The number of hydrogen-bond acceptors (Lipinski definition) is 3. The summed E-state index contributed by atoms with van der Waals surface area (Å²) in [5.41, 5.74) is 0. The Balaban J connectivity index is 1.63. The van der Waals surface area contributed by atoms with Gasteiger partial charge in [0.2, 0.25) is 0 Å². The number of ether oxygens (including phenoxy) is 1. The Bertz CT molecular complexity index is 229. The van der Waals surface area contributed by atoms with Gasteiger partial charge in [-0.15, -0.1) is 0 Å². The standard InChI is InChI=1S/C9H15N3O/c1-2-8(13-5-1)6-10-7-9-11-3-4-12-9/h3-4,8,10H,1-2,5-7H2,(H,11,12)/t8-/m0/s1. The van der Waals surface area contributed by atoms with Crippen molar-refractivity contribution in [1.29, 1.82) is 0 Å². The van der Waals surface area contributed by atoms with Gasteiger partial charge in [0.1, 0.15) is 5.82 Å². The second-order valence-corrected chi connectivity index (χ2v) is 3.30. The second-order valence-electron chi connectivity index (χ2n) is 3.30. The molecule has 1 saturated heterocycles. The van der Waals surface area contributed by atoms with Crippen LogP contribution in [0.3, 0.4) is 0 Å². The van der Waals surface area contributed by atoms with Crippen molar-refractivity contribution in [2.24, 2.45) is 0 Å². The van der Waals surface area contributed by atoms with Gasteiger partial charge in [0.25, 0.3) is 0 Å². The quantitative estimate of drug-likeness (QED) is 0.718. The van der Waals surface area contributed by atoms with Crippen LogP contribution in [0.5, 0.6) is 0 Å². The van der Waals surface area contributed by atoms with Crippen LogP contribution < -0.4 is 5.32 Å². The summed E-state index contributed by atoms with van der Waals surface area (Å²) in [6.45, 7) is 2.65. The number of nitrogens with zero attached hydrogens (tertiary/aromatic N) is 1. The van der Waals surface area contributed by atoms with E-state index in [4.69, 9.17) is 4.74 Å². The molecular formula is C9H15N3O. The van der Waals surface area contributed by atoms with E-state index in [1.165, 1.54) is 12.8 Å². The van der Waals surface area contributed by atoms with Crippen LogP contribution >= 0.6 is 0 Å². The minimum absolute atomic E-state index is 0.412. The van der Waals surface area contributed by atoms with E-state index in [9.17, 15) is 0 Å². The van der Waals surface area contributed by atoms with Crippen LogP contribution in [0.15, 0.2) is 12.4 Å². The summed E-state index contributed by atoms with van der Waals surface area (Å²) in [7, 11) is 0. The maximum absolute atomic E-state index is 5.48. The molecule has 0 spiro atoms. The van der Waals surface area contributed by atoms with Crippen molar-refractivity contribution in [2.45, 2.75) is 25.5 Å². The van der Waals surface area contributed by atoms with Crippen molar-refractivity contribution in [3.05, 3.63) is 18.2 Å². The van der Waals surface area contributed by atoms with Gasteiger partial charge in [0, 0.05) is 25.5 Å². The first-order valence-corrected chi connectivity index (χ1v) is 4.76. The van der Waals surface area contributed by atoms with E-state index < -0.39 is 0 Å². The lowest BCUT2D eigenvalue weighted by Gasteiger charge is -2.09. The summed E-state index contributed by atoms with van der Waals surface area (Å²) < 4.78 is 5.48. The molecule has 0 unspecified atom stereocenters. The molecule has 2 heterocycles. The van der Waals surface area contributed by atoms with Gasteiger partial charge in [0.15, 0.2) is 0 Å². The fourth-order valence-electron chi connectivity index (χ4n) is 1.55. The van der Waals surface area contributed by atoms with Crippen LogP contribution in [-0.4, -0.2) is 29.2 Å². The smallest absolute Gasteiger partial charge is 0.120 e. The zero-order valence-electron chi connectivity index (χ0n) is 7.62. The van der Waals surface area contributed by atoms with Gasteiger partial charge in [-0.3, -0.25) is 0 Å². The molecule has 1 aromatic rings. The Morgan fingerprint density at radius 1 is 1.69 bits per heavy atom. The zero-order valence-corrected chi connectivity index (χ0v) is 7.62. The molecule has 13 heavy (non-hydrogen) atoms. The Morgan fingerprint density at radius 3 is 3.38 bits per heavy atom. The summed E-state index contributed by atoms with van der Waals surface area (Å²) >= 11 is 0. The molecule has 4 nitrogen and oxygen atoms in total. The third-order valence-corrected chi connectivity index (χ3v) is 2.24. The predicted octanol–water partition coefficient (Wildman–Crippen LogP) is 0.678. The fourth-order valence-corrected chi connectivity index (χ4v) is 1.55. The monoisotopic (exact) mass is 181 g/mol. The first kappa shape index (κ1) is 8.72. The molecule has 0 aliphatic carbocycles. The van der Waals surface area contributed by atoms with E-state index in [1.54, 1.807) is 6.20 Å². The van der Waals surface area contributed by atoms with Gasteiger partial charge in [0.05, 0.1) is 12.6 Å². The topological polar surface area (TPSA) is 49.9 Å². The molecule has 2 N–H and O–H groups in total. The SMILES string of the molecule is c1c[nH]c(CNC[C@@H]2CCCO2)n1. The van der Waals surface area contributed by atoms with Gasteiger partial charge < -0.3 is 15.0 Å². The minimum atomic E-state index is 0.412. The van der Waals surface area contributed by atoms with Crippen LogP contribution in [0.2, 0.25) is 0 Å². The lowest BCUT2D eigenvalue weighted by Crippen LogP contribution is -2.26. The van der Waals surface area contributed by atoms with Crippen molar-refractivity contribution in [2.75, 3.05) is 13.2 Å². The number of H-pyrrole nitrogens is 1. The highest BCUT2D eigenvalue weighted by Gasteiger charge is 2.14. The maximum atomic E-state index is 5.48. The molecule has 1 aromatic heterocycles. The van der Waals surface area contributed by atoms with E-state index in [-0.39, 0.29) is 0 Å². The number of aromatic nitrogens is 2. The van der Waals surface area contributed by atoms with Crippen LogP contribution in [0.25, 0.3) is 0 Å². The van der Waals surface area contributed by atoms with Crippen LogP contribution in [0, 0.1) is 0 Å². The van der Waals surface area contributed by atoms with Gasteiger partial charge in [-0.2, -0.15) is 0 Å². The van der Waals surface area contributed by atoms with Crippen molar-refractivity contribution >= 4 is 0 Å². The molecule has 1 fully saturated rings. The van der Waals surface area contributed by atoms with E-state index >= 15 is 0 Å². The highest BCUT2D eigenvalue weighted by atomic mass is 16.5. The Labute approximate surface area is 77.7 Å². The molecule has 1 aliphatic heterocycles. The minimum Gasteiger partial charge on any atom is -0.377 e. The van der Waals surface area contributed by atoms with E-state index in [1.807, 2.05) is 6.20 Å². The lowest BCUT2D eigenvalue weighted by molar-refractivity contribution is 0.110. The van der Waals surface area contributed by atoms with Gasteiger partial charge >= 0.3 is 0 Å². The van der Waals surface area contributed by atoms with Gasteiger partial charge in [-0.1, -0.05) is 0 Å². The third kappa shape index (κ3) is 2.54. The Morgan fingerprint density at radius 2 is 2.69 bits per heavy atom.